The fourth-order valence-corrected chi connectivity index (χ4v) is 3.73. The van der Waals surface area contributed by atoms with Crippen LogP contribution in [0.1, 0.15) is 35.3 Å². The van der Waals surface area contributed by atoms with Crippen molar-refractivity contribution in [1.82, 2.24) is 9.88 Å². The Kier molecular flexibility index (Phi) is 5.15. The second-order valence-electron chi connectivity index (χ2n) is 6.79. The molecule has 0 saturated heterocycles. The lowest BCUT2D eigenvalue weighted by Crippen LogP contribution is -2.36. The molecule has 2 aromatic carbocycles. The molecule has 0 aliphatic carbocycles. The minimum absolute atomic E-state index is 0.0381. The summed E-state index contributed by atoms with van der Waals surface area (Å²) >= 11 is 0. The summed E-state index contributed by atoms with van der Waals surface area (Å²) in [5.41, 5.74) is 3.87. The molecule has 2 heterocycles. The Morgan fingerprint density at radius 3 is 2.50 bits per heavy atom. The van der Waals surface area contributed by atoms with Gasteiger partial charge in [-0.1, -0.05) is 18.2 Å². The number of ether oxygens (including phenoxy) is 2. The smallest absolute Gasteiger partial charge is 0.254 e. The molecule has 0 fully saturated rings. The van der Waals surface area contributed by atoms with E-state index in [4.69, 9.17) is 9.47 Å². The zero-order valence-corrected chi connectivity index (χ0v) is 16.3. The zero-order valence-electron chi connectivity index (χ0n) is 16.3. The monoisotopic (exact) mass is 376 g/mol. The number of fused-ring (bicyclic) bond motifs is 2. The van der Waals surface area contributed by atoms with Crippen LogP contribution >= 0.6 is 0 Å². The number of para-hydroxylation sites is 1. The van der Waals surface area contributed by atoms with Crippen LogP contribution in [0.4, 0.5) is 0 Å². The fourth-order valence-electron chi connectivity index (χ4n) is 3.73. The molecular weight excluding hydrogens is 352 g/mol. The first-order valence-corrected chi connectivity index (χ1v) is 9.75. The Morgan fingerprint density at radius 1 is 1.04 bits per heavy atom. The fraction of sp³-hybridized carbons (Fsp3) is 0.304. The van der Waals surface area contributed by atoms with Crippen LogP contribution in [0.15, 0.2) is 48.7 Å². The highest BCUT2D eigenvalue weighted by Gasteiger charge is 2.25. The number of pyridine rings is 1. The first kappa shape index (κ1) is 18.3. The van der Waals surface area contributed by atoms with Gasteiger partial charge in [-0.3, -0.25) is 9.78 Å². The van der Waals surface area contributed by atoms with Crippen molar-refractivity contribution >= 4 is 16.8 Å². The van der Waals surface area contributed by atoms with Gasteiger partial charge in [0.1, 0.15) is 0 Å². The Balaban J connectivity index is 1.64. The molecule has 28 heavy (non-hydrogen) atoms. The lowest BCUT2D eigenvalue weighted by Gasteiger charge is -2.30. The van der Waals surface area contributed by atoms with Crippen molar-refractivity contribution in [3.05, 3.63) is 65.4 Å². The van der Waals surface area contributed by atoms with Crippen LogP contribution in [0.25, 0.3) is 10.9 Å². The Labute approximate surface area is 164 Å². The van der Waals surface area contributed by atoms with Crippen molar-refractivity contribution in [3.63, 3.8) is 0 Å². The first-order valence-electron chi connectivity index (χ1n) is 9.75. The number of aromatic nitrogens is 1. The number of hydrogen-bond acceptors (Lipinski definition) is 4. The van der Waals surface area contributed by atoms with Gasteiger partial charge in [0, 0.05) is 24.7 Å². The molecule has 5 nitrogen and oxygen atoms in total. The molecule has 0 atom stereocenters. The SMILES string of the molecule is CCOc1cc2c(cc1OCC)CN(C(=O)c1ccnc3ccccc13)CC2. The summed E-state index contributed by atoms with van der Waals surface area (Å²) in [7, 11) is 0. The second kappa shape index (κ2) is 7.89. The molecule has 5 heteroatoms. The molecule has 1 aliphatic heterocycles. The normalized spacial score (nSPS) is 13.3. The maximum atomic E-state index is 13.2. The molecule has 0 bridgehead atoms. The van der Waals surface area contributed by atoms with Crippen LogP contribution in [0, 0.1) is 0 Å². The summed E-state index contributed by atoms with van der Waals surface area (Å²) in [6.45, 7) is 6.34. The van der Waals surface area contributed by atoms with Gasteiger partial charge in [-0.05, 0) is 55.7 Å². The molecule has 1 aromatic heterocycles. The van der Waals surface area contributed by atoms with Gasteiger partial charge in [0.2, 0.25) is 0 Å². The van der Waals surface area contributed by atoms with Crippen LogP contribution in [0.5, 0.6) is 11.5 Å². The maximum absolute atomic E-state index is 13.2. The lowest BCUT2D eigenvalue weighted by atomic mass is 9.97. The van der Waals surface area contributed by atoms with E-state index >= 15 is 0 Å². The Morgan fingerprint density at radius 2 is 1.75 bits per heavy atom. The predicted octanol–water partition coefficient (Wildman–Crippen LogP) is 4.23. The highest BCUT2D eigenvalue weighted by Crippen LogP contribution is 2.34. The summed E-state index contributed by atoms with van der Waals surface area (Å²) in [5, 5.41) is 0.891. The number of benzene rings is 2. The van der Waals surface area contributed by atoms with E-state index in [9.17, 15) is 4.79 Å². The van der Waals surface area contributed by atoms with E-state index in [2.05, 4.69) is 11.1 Å². The highest BCUT2D eigenvalue weighted by atomic mass is 16.5. The van der Waals surface area contributed by atoms with Gasteiger partial charge in [-0.25, -0.2) is 0 Å². The van der Waals surface area contributed by atoms with Crippen molar-refractivity contribution < 1.29 is 14.3 Å². The second-order valence-corrected chi connectivity index (χ2v) is 6.79. The number of carbonyl (C=O) groups is 1. The molecule has 4 rings (SSSR count). The van der Waals surface area contributed by atoms with Gasteiger partial charge >= 0.3 is 0 Å². The molecule has 0 N–H and O–H groups in total. The minimum Gasteiger partial charge on any atom is -0.490 e. The van der Waals surface area contributed by atoms with Crippen LogP contribution in [-0.4, -0.2) is 35.5 Å². The predicted molar refractivity (Wildman–Crippen MR) is 109 cm³/mol. The number of carbonyl (C=O) groups excluding carboxylic acids is 1. The van der Waals surface area contributed by atoms with Gasteiger partial charge in [0.05, 0.1) is 24.3 Å². The zero-order chi connectivity index (χ0) is 19.5. The van der Waals surface area contributed by atoms with E-state index in [1.165, 1.54) is 5.56 Å². The van der Waals surface area contributed by atoms with Crippen molar-refractivity contribution in [2.45, 2.75) is 26.8 Å². The van der Waals surface area contributed by atoms with E-state index in [0.29, 0.717) is 31.9 Å². The van der Waals surface area contributed by atoms with E-state index in [1.54, 1.807) is 6.20 Å². The molecule has 1 amide bonds. The van der Waals surface area contributed by atoms with E-state index in [1.807, 2.05) is 55.1 Å². The third kappa shape index (κ3) is 3.40. The van der Waals surface area contributed by atoms with Gasteiger partial charge < -0.3 is 14.4 Å². The summed E-state index contributed by atoms with van der Waals surface area (Å²) in [6.07, 6.45) is 2.51. The van der Waals surface area contributed by atoms with Crippen molar-refractivity contribution in [1.29, 1.82) is 0 Å². The third-order valence-corrected chi connectivity index (χ3v) is 5.04. The topological polar surface area (TPSA) is 51.7 Å². The summed E-state index contributed by atoms with van der Waals surface area (Å²) in [5.74, 6) is 1.56. The van der Waals surface area contributed by atoms with Gasteiger partial charge in [-0.2, -0.15) is 0 Å². The summed E-state index contributed by atoms with van der Waals surface area (Å²) in [4.78, 5) is 19.5. The number of hydrogen-bond donors (Lipinski definition) is 0. The van der Waals surface area contributed by atoms with Crippen molar-refractivity contribution in [3.8, 4) is 11.5 Å². The number of nitrogens with zero attached hydrogens (tertiary/aromatic N) is 2. The van der Waals surface area contributed by atoms with Crippen LogP contribution in [0.3, 0.4) is 0 Å². The Hall–Kier alpha value is -3.08. The molecule has 144 valence electrons. The van der Waals surface area contributed by atoms with Crippen LogP contribution < -0.4 is 9.47 Å². The summed E-state index contributed by atoms with van der Waals surface area (Å²) < 4.78 is 11.5. The summed E-state index contributed by atoms with van der Waals surface area (Å²) in [6, 6.07) is 13.7. The molecule has 1 aliphatic rings. The molecule has 0 spiro atoms. The maximum Gasteiger partial charge on any atom is 0.254 e. The largest absolute Gasteiger partial charge is 0.490 e. The highest BCUT2D eigenvalue weighted by molar-refractivity contribution is 6.06. The quantitative estimate of drug-likeness (QED) is 0.669. The molecule has 0 saturated carbocycles. The average molecular weight is 376 g/mol. The third-order valence-electron chi connectivity index (χ3n) is 5.04. The van der Waals surface area contributed by atoms with E-state index in [-0.39, 0.29) is 5.91 Å². The van der Waals surface area contributed by atoms with Crippen LogP contribution in [0.2, 0.25) is 0 Å². The molecule has 0 unspecified atom stereocenters. The molecule has 3 aromatic rings. The van der Waals surface area contributed by atoms with Gasteiger partial charge in [0.15, 0.2) is 11.5 Å². The first-order chi connectivity index (χ1) is 13.7. The van der Waals surface area contributed by atoms with E-state index in [0.717, 1.165) is 34.4 Å². The standard InChI is InChI=1S/C23H24N2O3/c1-3-27-21-13-16-10-12-25(15-17(16)14-22(21)28-4-2)23(26)19-9-11-24-20-8-6-5-7-18(19)20/h5-9,11,13-14H,3-4,10,12,15H2,1-2H3. The van der Waals surface area contributed by atoms with Gasteiger partial charge in [-0.15, -0.1) is 0 Å². The minimum atomic E-state index is 0.0381. The van der Waals surface area contributed by atoms with Crippen molar-refractivity contribution in [2.75, 3.05) is 19.8 Å². The lowest BCUT2D eigenvalue weighted by molar-refractivity contribution is 0.0736. The number of amides is 1. The molecule has 0 radical (unpaired) electrons. The Bertz CT molecular complexity index is 1010. The number of rotatable bonds is 5. The van der Waals surface area contributed by atoms with Crippen LogP contribution in [-0.2, 0) is 13.0 Å². The van der Waals surface area contributed by atoms with Gasteiger partial charge in [0.25, 0.3) is 5.91 Å². The average Bonchev–Trinajstić information content (AvgIpc) is 2.73. The van der Waals surface area contributed by atoms with E-state index < -0.39 is 0 Å². The molecular formula is C23H24N2O3. The van der Waals surface area contributed by atoms with Crippen molar-refractivity contribution in [2.24, 2.45) is 0 Å².